The summed E-state index contributed by atoms with van der Waals surface area (Å²) in [6, 6.07) is 88.9. The molecule has 0 spiro atoms. The van der Waals surface area contributed by atoms with E-state index in [1.54, 1.807) is 0 Å². The second kappa shape index (κ2) is 15.2. The Balaban J connectivity index is 0.920. The largest absolute Gasteiger partial charge is 0.309 e. The highest BCUT2D eigenvalue weighted by molar-refractivity contribution is 7.26. The zero-order valence-electron chi connectivity index (χ0n) is 35.4. The van der Waals surface area contributed by atoms with Gasteiger partial charge in [0.05, 0.1) is 27.1 Å². The first-order chi connectivity index (χ1) is 32.2. The van der Waals surface area contributed by atoms with Crippen LogP contribution in [0.2, 0.25) is 0 Å². The lowest BCUT2D eigenvalue weighted by Crippen LogP contribution is -2.10. The first-order valence-corrected chi connectivity index (χ1v) is 23.1. The minimum Gasteiger partial charge on any atom is -0.309 e. The Hall–Kier alpha value is -8.24. The minimum absolute atomic E-state index is 1.10. The molecule has 0 unspecified atom stereocenters. The van der Waals surface area contributed by atoms with E-state index in [4.69, 9.17) is 0 Å². The van der Waals surface area contributed by atoms with Crippen LogP contribution in [-0.2, 0) is 0 Å². The predicted molar refractivity (Wildman–Crippen MR) is 280 cm³/mol. The summed E-state index contributed by atoms with van der Waals surface area (Å²) in [4.78, 5) is 2.43. The molecule has 0 N–H and O–H groups in total. The Kier molecular flexibility index (Phi) is 8.75. The van der Waals surface area contributed by atoms with Crippen LogP contribution >= 0.6 is 11.3 Å². The number of hydrogen-bond acceptors (Lipinski definition) is 2. The molecule has 2 heterocycles. The van der Waals surface area contributed by atoms with Crippen molar-refractivity contribution in [1.29, 1.82) is 0 Å². The van der Waals surface area contributed by atoms with Crippen LogP contribution < -0.4 is 4.90 Å². The Morgan fingerprint density at radius 3 is 1.62 bits per heavy atom. The Bertz CT molecular complexity index is 3900. The molecule has 0 fully saturated rings. The van der Waals surface area contributed by atoms with Crippen molar-refractivity contribution in [1.82, 2.24) is 4.57 Å². The van der Waals surface area contributed by atoms with Gasteiger partial charge in [-0.25, -0.2) is 0 Å². The van der Waals surface area contributed by atoms with Crippen LogP contribution in [0.1, 0.15) is 0 Å². The molecule has 65 heavy (non-hydrogen) atoms. The highest BCUT2D eigenvalue weighted by Crippen LogP contribution is 2.46. The molecule has 13 aromatic rings. The van der Waals surface area contributed by atoms with Crippen LogP contribution in [0.4, 0.5) is 17.1 Å². The average molecular weight is 845 g/mol. The van der Waals surface area contributed by atoms with Crippen molar-refractivity contribution in [3.63, 3.8) is 0 Å². The number of fused-ring (bicyclic) bond motifs is 9. The maximum Gasteiger partial charge on any atom is 0.0640 e. The van der Waals surface area contributed by atoms with Gasteiger partial charge in [0.25, 0.3) is 0 Å². The Morgan fingerprint density at radius 1 is 0.323 bits per heavy atom. The number of rotatable bonds is 7. The molecule has 0 bridgehead atoms. The van der Waals surface area contributed by atoms with Gasteiger partial charge in [0, 0.05) is 43.2 Å². The van der Waals surface area contributed by atoms with Crippen LogP contribution in [0.3, 0.4) is 0 Å². The van der Waals surface area contributed by atoms with Gasteiger partial charge in [0.15, 0.2) is 0 Å². The quantitative estimate of drug-likeness (QED) is 0.145. The summed E-state index contributed by atoms with van der Waals surface area (Å²) < 4.78 is 5.00. The van der Waals surface area contributed by atoms with E-state index in [-0.39, 0.29) is 0 Å². The van der Waals surface area contributed by atoms with E-state index in [1.807, 2.05) is 11.3 Å². The smallest absolute Gasteiger partial charge is 0.0640 e. The topological polar surface area (TPSA) is 8.17 Å². The average Bonchev–Trinajstić information content (AvgIpc) is 3.93. The van der Waals surface area contributed by atoms with Crippen molar-refractivity contribution in [2.24, 2.45) is 0 Å². The van der Waals surface area contributed by atoms with Crippen molar-refractivity contribution < 1.29 is 0 Å². The van der Waals surface area contributed by atoms with Gasteiger partial charge in [-0.1, -0.05) is 182 Å². The molecule has 0 atom stereocenters. The molecule has 0 radical (unpaired) electrons. The van der Waals surface area contributed by atoms with E-state index in [0.29, 0.717) is 0 Å². The summed E-state index contributed by atoms with van der Waals surface area (Å²) in [5.74, 6) is 0. The van der Waals surface area contributed by atoms with E-state index in [2.05, 4.69) is 252 Å². The van der Waals surface area contributed by atoms with Gasteiger partial charge in [0.2, 0.25) is 0 Å². The highest BCUT2D eigenvalue weighted by atomic mass is 32.1. The fourth-order valence-corrected chi connectivity index (χ4v) is 11.4. The van der Waals surface area contributed by atoms with Gasteiger partial charge in [-0.05, 0) is 110 Å². The molecule has 13 rings (SSSR count). The molecule has 0 saturated heterocycles. The molecule has 0 saturated carbocycles. The molecular formula is C62H40N2S. The number of benzene rings is 11. The third kappa shape index (κ3) is 6.16. The monoisotopic (exact) mass is 844 g/mol. The number of anilines is 3. The lowest BCUT2D eigenvalue weighted by atomic mass is 9.93. The Labute approximate surface area is 381 Å². The van der Waals surface area contributed by atoms with Crippen LogP contribution in [0, 0.1) is 0 Å². The summed E-state index contributed by atoms with van der Waals surface area (Å²) in [5.41, 5.74) is 14.1. The first kappa shape index (κ1) is 37.3. The van der Waals surface area contributed by atoms with Crippen molar-refractivity contribution in [3.05, 3.63) is 243 Å². The standard InChI is InChI=1S/C62H40N2S/c1-2-15-48-42(14-1)28-29-45-40-44(34-39-50(45)48)41-30-35-46(36-31-41)63(60-26-13-22-56-55-21-8-12-27-61(55)65-62(56)60)47-37-32-43(33-38-47)49-16-3-4-17-51(49)52-18-5-9-23-57(52)64-58-24-10-6-19-53(58)54-20-7-11-25-59(54)64/h1-40H. The third-order valence-corrected chi connectivity index (χ3v) is 14.4. The molecule has 2 nitrogen and oxygen atoms in total. The molecule has 11 aromatic carbocycles. The third-order valence-electron chi connectivity index (χ3n) is 13.2. The summed E-state index contributed by atoms with van der Waals surface area (Å²) in [7, 11) is 0. The summed E-state index contributed by atoms with van der Waals surface area (Å²) >= 11 is 1.86. The fourth-order valence-electron chi connectivity index (χ4n) is 10.2. The first-order valence-electron chi connectivity index (χ1n) is 22.2. The zero-order valence-corrected chi connectivity index (χ0v) is 36.2. The van der Waals surface area contributed by atoms with Gasteiger partial charge < -0.3 is 9.47 Å². The number of hydrogen-bond donors (Lipinski definition) is 0. The van der Waals surface area contributed by atoms with E-state index in [1.165, 1.54) is 103 Å². The van der Waals surface area contributed by atoms with Crippen LogP contribution in [-0.4, -0.2) is 4.57 Å². The van der Waals surface area contributed by atoms with Crippen molar-refractivity contribution in [3.8, 4) is 39.1 Å². The molecular weight excluding hydrogens is 805 g/mol. The molecule has 0 aliphatic heterocycles. The fraction of sp³-hybridized carbons (Fsp3) is 0. The predicted octanol–water partition coefficient (Wildman–Crippen LogP) is 17.9. The SMILES string of the molecule is c1ccc(-c2ccccc2-n2c3ccccc3c3ccccc32)c(-c2ccc(N(c3ccc(-c4ccc5c(ccc6ccccc65)c4)cc3)c3cccc4c3sc3ccccc34)cc2)c1. The normalized spacial score (nSPS) is 11.7. The minimum atomic E-state index is 1.10. The van der Waals surface area contributed by atoms with Gasteiger partial charge >= 0.3 is 0 Å². The van der Waals surface area contributed by atoms with E-state index >= 15 is 0 Å². The second-order valence-electron chi connectivity index (χ2n) is 16.8. The van der Waals surface area contributed by atoms with Crippen molar-refractivity contribution >= 4 is 91.9 Å². The molecule has 304 valence electrons. The molecule has 0 amide bonds. The molecule has 2 aromatic heterocycles. The van der Waals surface area contributed by atoms with Gasteiger partial charge in [-0.3, -0.25) is 0 Å². The van der Waals surface area contributed by atoms with E-state index in [0.717, 1.165) is 17.1 Å². The van der Waals surface area contributed by atoms with Gasteiger partial charge in [-0.2, -0.15) is 0 Å². The number of para-hydroxylation sites is 3. The number of thiophene rings is 1. The molecule has 0 aliphatic rings. The maximum atomic E-state index is 2.43. The molecule has 0 aliphatic carbocycles. The summed E-state index contributed by atoms with van der Waals surface area (Å²) in [6.07, 6.45) is 0. The number of aromatic nitrogens is 1. The maximum absolute atomic E-state index is 2.43. The number of nitrogens with zero attached hydrogens (tertiary/aromatic N) is 2. The zero-order chi connectivity index (χ0) is 42.8. The molecule has 3 heteroatoms. The van der Waals surface area contributed by atoms with Crippen LogP contribution in [0.5, 0.6) is 0 Å². The van der Waals surface area contributed by atoms with Gasteiger partial charge in [0.1, 0.15) is 0 Å². The van der Waals surface area contributed by atoms with Gasteiger partial charge in [-0.15, -0.1) is 11.3 Å². The van der Waals surface area contributed by atoms with Crippen molar-refractivity contribution in [2.75, 3.05) is 4.90 Å². The highest BCUT2D eigenvalue weighted by Gasteiger charge is 2.20. The lowest BCUT2D eigenvalue weighted by Gasteiger charge is -2.26. The Morgan fingerprint density at radius 2 is 0.862 bits per heavy atom. The van der Waals surface area contributed by atoms with E-state index < -0.39 is 0 Å². The van der Waals surface area contributed by atoms with Crippen LogP contribution in [0.25, 0.3) is 103 Å². The summed E-state index contributed by atoms with van der Waals surface area (Å²) in [5, 5.41) is 10.2. The van der Waals surface area contributed by atoms with Crippen LogP contribution in [0.15, 0.2) is 243 Å². The lowest BCUT2D eigenvalue weighted by molar-refractivity contribution is 1.18. The van der Waals surface area contributed by atoms with E-state index in [9.17, 15) is 0 Å². The summed E-state index contributed by atoms with van der Waals surface area (Å²) in [6.45, 7) is 0. The second-order valence-corrected chi connectivity index (χ2v) is 17.9. The van der Waals surface area contributed by atoms with Crippen molar-refractivity contribution in [2.45, 2.75) is 0 Å².